The minimum absolute atomic E-state index is 0.0434. The van der Waals surface area contributed by atoms with Crippen LogP contribution in [0.5, 0.6) is 5.75 Å². The van der Waals surface area contributed by atoms with Crippen LogP contribution >= 0.6 is 23.2 Å². The van der Waals surface area contributed by atoms with E-state index in [2.05, 4.69) is 0 Å². The van der Waals surface area contributed by atoms with E-state index < -0.39 is 40.0 Å². The van der Waals surface area contributed by atoms with Crippen LogP contribution < -0.4 is 14.3 Å². The summed E-state index contributed by atoms with van der Waals surface area (Å²) in [6.45, 7) is 5.95. The fraction of sp³-hybridized carbons (Fsp3) is 0.364. The summed E-state index contributed by atoms with van der Waals surface area (Å²) < 4.78 is 19.9. The van der Waals surface area contributed by atoms with Crippen LogP contribution in [0.15, 0.2) is 30.3 Å². The maximum Gasteiger partial charge on any atom is 0.354 e. The SMILES string of the molecule is CCC1(C(=O)O)C[N+](C(=O)[O-])(C(C)(C)C)c2cc(F)cc(-c3c(Cl)cccc3Cl)c2O1. The number of carbonyl (C=O) groups is 2. The number of quaternary nitrogens is 1. The molecule has 1 heterocycles. The van der Waals surface area contributed by atoms with E-state index in [4.69, 9.17) is 27.9 Å². The highest BCUT2D eigenvalue weighted by atomic mass is 35.5. The largest absolute Gasteiger partial charge is 0.498 e. The van der Waals surface area contributed by atoms with Crippen LogP contribution in [0.25, 0.3) is 11.1 Å². The second-order valence-electron chi connectivity index (χ2n) is 8.56. The summed E-state index contributed by atoms with van der Waals surface area (Å²) in [6, 6.07) is 6.82. The zero-order chi connectivity index (χ0) is 23.4. The molecular formula is C22H22Cl2FNO5. The lowest BCUT2D eigenvalue weighted by molar-refractivity contribution is -0.272. The molecule has 0 spiro atoms. The number of nitrogens with zero attached hydrogens (tertiary/aromatic N) is 1. The third kappa shape index (κ3) is 3.45. The number of fused-ring (bicyclic) bond motifs is 1. The Morgan fingerprint density at radius 1 is 1.26 bits per heavy atom. The first kappa shape index (κ1) is 23.3. The molecule has 1 N–H and O–H groups in total. The predicted octanol–water partition coefficient (Wildman–Crippen LogP) is 4.87. The van der Waals surface area contributed by atoms with Gasteiger partial charge in [-0.25, -0.2) is 13.7 Å². The lowest BCUT2D eigenvalue weighted by Gasteiger charge is -2.53. The van der Waals surface area contributed by atoms with Crippen molar-refractivity contribution in [1.29, 1.82) is 0 Å². The maximum atomic E-state index is 14.9. The molecule has 0 saturated carbocycles. The van der Waals surface area contributed by atoms with Crippen molar-refractivity contribution in [3.8, 4) is 16.9 Å². The van der Waals surface area contributed by atoms with Gasteiger partial charge in [-0.3, -0.25) is 0 Å². The number of benzene rings is 2. The predicted molar refractivity (Wildman–Crippen MR) is 115 cm³/mol. The lowest BCUT2D eigenvalue weighted by Crippen LogP contribution is -2.76. The van der Waals surface area contributed by atoms with Crippen molar-refractivity contribution in [3.63, 3.8) is 0 Å². The van der Waals surface area contributed by atoms with E-state index in [-0.39, 0.29) is 39.0 Å². The van der Waals surface area contributed by atoms with E-state index >= 15 is 0 Å². The second-order valence-corrected chi connectivity index (χ2v) is 9.37. The number of hydrogen-bond donors (Lipinski definition) is 1. The standard InChI is InChI=1S/C22H22Cl2FNO5/c1-5-22(19(27)28)11-26(20(29)30,21(2,3)4)16-10-12(25)9-13(18(16)31-22)17-14(23)7-6-8-15(17)24/h6-10H,5,11H2,1-4H3,(H-,27,28,29,30). The molecule has 0 aliphatic carbocycles. The smallest absolute Gasteiger partial charge is 0.354 e. The number of hydrogen-bond acceptors (Lipinski definition) is 4. The van der Waals surface area contributed by atoms with Crippen molar-refractivity contribution in [2.75, 3.05) is 6.54 Å². The van der Waals surface area contributed by atoms with Gasteiger partial charge in [0.2, 0.25) is 0 Å². The van der Waals surface area contributed by atoms with Crippen LogP contribution in [0.3, 0.4) is 0 Å². The van der Waals surface area contributed by atoms with E-state index in [0.29, 0.717) is 0 Å². The highest BCUT2D eigenvalue weighted by Crippen LogP contribution is 2.53. The molecule has 1 amide bonds. The van der Waals surface area contributed by atoms with Gasteiger partial charge in [0.1, 0.15) is 17.9 Å². The molecule has 2 unspecified atom stereocenters. The summed E-state index contributed by atoms with van der Waals surface area (Å²) in [5.74, 6) is -2.19. The van der Waals surface area contributed by atoms with Crippen LogP contribution in [0.1, 0.15) is 34.1 Å². The molecule has 2 aromatic carbocycles. The molecule has 2 aromatic rings. The summed E-state index contributed by atoms with van der Waals surface area (Å²) in [5, 5.41) is 23.0. The number of carboxylic acids is 1. The first-order valence-corrected chi connectivity index (χ1v) is 10.4. The Balaban J connectivity index is 2.53. The lowest BCUT2D eigenvalue weighted by atomic mass is 9.88. The van der Waals surface area contributed by atoms with E-state index in [1.807, 2.05) is 0 Å². The number of carbonyl (C=O) groups excluding carboxylic acids is 1. The first-order valence-electron chi connectivity index (χ1n) is 9.61. The van der Waals surface area contributed by atoms with Crippen molar-refractivity contribution in [1.82, 2.24) is 4.48 Å². The highest BCUT2D eigenvalue weighted by molar-refractivity contribution is 6.39. The molecule has 0 aromatic heterocycles. The van der Waals surface area contributed by atoms with Gasteiger partial charge in [-0.15, -0.1) is 0 Å². The van der Waals surface area contributed by atoms with Gasteiger partial charge in [0.05, 0.1) is 10.0 Å². The summed E-state index contributed by atoms with van der Waals surface area (Å²) in [4.78, 5) is 25.0. The van der Waals surface area contributed by atoms with Crippen molar-refractivity contribution in [3.05, 3.63) is 46.2 Å². The van der Waals surface area contributed by atoms with Gasteiger partial charge >= 0.3 is 5.97 Å². The van der Waals surface area contributed by atoms with Gasteiger partial charge in [-0.1, -0.05) is 36.2 Å². The minimum Gasteiger partial charge on any atom is -0.498 e. The third-order valence-electron chi connectivity index (χ3n) is 5.89. The van der Waals surface area contributed by atoms with Crippen molar-refractivity contribution in [2.45, 2.75) is 45.3 Å². The van der Waals surface area contributed by atoms with Crippen LogP contribution in [0.4, 0.5) is 14.9 Å². The molecule has 31 heavy (non-hydrogen) atoms. The Labute approximate surface area is 189 Å². The number of amides is 1. The number of halogens is 3. The van der Waals surface area contributed by atoms with Crippen LogP contribution in [-0.4, -0.2) is 34.9 Å². The van der Waals surface area contributed by atoms with Crippen LogP contribution in [0.2, 0.25) is 10.0 Å². The fourth-order valence-electron chi connectivity index (χ4n) is 4.09. The fourth-order valence-corrected chi connectivity index (χ4v) is 4.69. The highest BCUT2D eigenvalue weighted by Gasteiger charge is 2.60. The Kier molecular flexibility index (Phi) is 5.76. The molecule has 0 fully saturated rings. The Hall–Kier alpha value is -2.35. The van der Waals surface area contributed by atoms with Crippen LogP contribution in [0, 0.1) is 5.82 Å². The third-order valence-corrected chi connectivity index (χ3v) is 6.52. The molecule has 0 radical (unpaired) electrons. The molecular weight excluding hydrogens is 448 g/mol. The summed E-state index contributed by atoms with van der Waals surface area (Å²) in [7, 11) is 0. The first-order chi connectivity index (χ1) is 14.3. The van der Waals surface area contributed by atoms with E-state index in [9.17, 15) is 24.2 Å². The van der Waals surface area contributed by atoms with Gasteiger partial charge in [-0.05, 0) is 39.0 Å². The topological polar surface area (TPSA) is 86.7 Å². The molecule has 2 atom stereocenters. The number of aliphatic carboxylic acids is 1. The zero-order valence-electron chi connectivity index (χ0n) is 17.5. The molecule has 9 heteroatoms. The summed E-state index contributed by atoms with van der Waals surface area (Å²) in [6.07, 6.45) is -1.61. The number of carboxylic acid groups (broad SMARTS) is 2. The van der Waals surface area contributed by atoms with Crippen molar-refractivity contribution in [2.24, 2.45) is 0 Å². The summed E-state index contributed by atoms with van der Waals surface area (Å²) in [5.41, 5.74) is -2.80. The normalized spacial score (nSPS) is 23.1. The average molecular weight is 470 g/mol. The van der Waals surface area contributed by atoms with Gasteiger partial charge in [0.15, 0.2) is 11.4 Å². The quantitative estimate of drug-likeness (QED) is 0.647. The van der Waals surface area contributed by atoms with Crippen molar-refractivity contribution < 1.29 is 28.9 Å². The van der Waals surface area contributed by atoms with E-state index in [1.54, 1.807) is 33.8 Å². The Bertz CT molecular complexity index is 1060. The Morgan fingerprint density at radius 3 is 2.29 bits per heavy atom. The molecule has 0 saturated heterocycles. The maximum absolute atomic E-state index is 14.9. The molecule has 1 aliphatic rings. The van der Waals surface area contributed by atoms with Gasteiger partial charge in [-0.2, -0.15) is 0 Å². The number of ether oxygens (including phenoxy) is 1. The Morgan fingerprint density at radius 2 is 1.84 bits per heavy atom. The van der Waals surface area contributed by atoms with Gasteiger partial charge in [0, 0.05) is 23.6 Å². The van der Waals surface area contributed by atoms with Gasteiger partial charge < -0.3 is 19.7 Å². The van der Waals surface area contributed by atoms with E-state index in [1.165, 1.54) is 12.1 Å². The molecule has 0 bridgehead atoms. The molecule has 3 rings (SSSR count). The van der Waals surface area contributed by atoms with Crippen molar-refractivity contribution >= 4 is 41.0 Å². The average Bonchev–Trinajstić information content (AvgIpc) is 2.65. The zero-order valence-corrected chi connectivity index (χ0v) is 19.0. The van der Waals surface area contributed by atoms with Gasteiger partial charge in [0.25, 0.3) is 11.7 Å². The monoisotopic (exact) mass is 469 g/mol. The van der Waals surface area contributed by atoms with E-state index in [0.717, 1.165) is 12.1 Å². The minimum atomic E-state index is -1.90. The summed E-state index contributed by atoms with van der Waals surface area (Å²) >= 11 is 12.7. The molecule has 6 nitrogen and oxygen atoms in total. The molecule has 166 valence electrons. The number of rotatable bonds is 3. The molecule has 1 aliphatic heterocycles. The second kappa shape index (κ2) is 7.65. The van der Waals surface area contributed by atoms with Crippen LogP contribution in [-0.2, 0) is 4.79 Å².